The maximum Gasteiger partial charge on any atom is 0.156 e. The van der Waals surface area contributed by atoms with Gasteiger partial charge in [0.25, 0.3) is 0 Å². The molecule has 5 heteroatoms. The molecule has 4 nitrogen and oxygen atoms in total. The maximum atomic E-state index is 12.4. The normalized spacial score (nSPS) is 17.4. The number of aromatic nitrogens is 3. The first kappa shape index (κ1) is 20.2. The summed E-state index contributed by atoms with van der Waals surface area (Å²) >= 11 is 6.60. The Morgan fingerprint density at radius 2 is 1.82 bits per heavy atom. The van der Waals surface area contributed by atoms with Crippen LogP contribution in [0.3, 0.4) is 0 Å². The summed E-state index contributed by atoms with van der Waals surface area (Å²) < 4.78 is 1.86. The third-order valence-corrected chi connectivity index (χ3v) is 7.09. The largest absolute Gasteiger partial charge is 0.374 e. The molecule has 0 saturated carbocycles. The minimum absolute atomic E-state index is 0.691. The zero-order valence-corrected chi connectivity index (χ0v) is 18.9. The molecule has 5 aromatic rings. The molecule has 0 saturated heterocycles. The van der Waals surface area contributed by atoms with Crippen LogP contribution in [0.25, 0.3) is 22.0 Å². The fourth-order valence-corrected chi connectivity index (χ4v) is 5.15. The van der Waals surface area contributed by atoms with Crippen molar-refractivity contribution in [3.63, 3.8) is 0 Å². The van der Waals surface area contributed by atoms with Gasteiger partial charge < -0.3 is 9.67 Å². The van der Waals surface area contributed by atoms with Crippen molar-refractivity contribution >= 4 is 22.4 Å². The Bertz CT molecular complexity index is 1520. The van der Waals surface area contributed by atoms with Crippen LogP contribution in [0, 0.1) is 0 Å². The van der Waals surface area contributed by atoms with Gasteiger partial charge in [0, 0.05) is 29.2 Å². The Labute approximate surface area is 197 Å². The first-order valence-corrected chi connectivity index (χ1v) is 11.4. The minimum atomic E-state index is -1.40. The van der Waals surface area contributed by atoms with Gasteiger partial charge in [-0.2, -0.15) is 0 Å². The van der Waals surface area contributed by atoms with Crippen molar-refractivity contribution in [3.8, 4) is 11.3 Å². The highest BCUT2D eigenvalue weighted by Gasteiger charge is 2.37. The number of benzene rings is 3. The number of imidazole rings is 1. The predicted molar refractivity (Wildman–Crippen MR) is 131 cm³/mol. The Hall–Kier alpha value is -3.47. The Balaban J connectivity index is 1.73. The summed E-state index contributed by atoms with van der Waals surface area (Å²) in [7, 11) is 1.90. The SMILES string of the molecule is Cn1cncc1C1(O)c2ccc(Cl)c(c2)CCc2cccc(c2)-c2nccc3ccc1cc23. The van der Waals surface area contributed by atoms with Gasteiger partial charge >= 0.3 is 0 Å². The topological polar surface area (TPSA) is 50.9 Å². The minimum Gasteiger partial charge on any atom is -0.374 e. The van der Waals surface area contributed by atoms with Crippen LogP contribution in [0.2, 0.25) is 5.02 Å². The number of nitrogens with zero attached hydrogens (tertiary/aromatic N) is 3. The molecule has 0 radical (unpaired) electrons. The molecule has 33 heavy (non-hydrogen) atoms. The maximum absolute atomic E-state index is 12.4. The standard InChI is InChI=1S/C28H22ClN3O/c1-32-17-30-16-26(32)28(33)22-9-10-25(29)20(14-22)6-5-18-3-2-4-21(13-18)27-24-15-23(28)8-7-19(24)11-12-31-27/h2-4,7-17,33H,5-6H2,1H3. The van der Waals surface area contributed by atoms with Crippen LogP contribution < -0.4 is 0 Å². The van der Waals surface area contributed by atoms with Crippen LogP contribution in [0.15, 0.2) is 85.5 Å². The summed E-state index contributed by atoms with van der Waals surface area (Å²) in [5.74, 6) is 0. The molecule has 1 atom stereocenters. The van der Waals surface area contributed by atoms with E-state index in [9.17, 15) is 5.11 Å². The lowest BCUT2D eigenvalue weighted by atomic mass is 9.81. The van der Waals surface area contributed by atoms with Gasteiger partial charge in [0.2, 0.25) is 0 Å². The lowest BCUT2D eigenvalue weighted by molar-refractivity contribution is 0.117. The number of pyridine rings is 1. The van der Waals surface area contributed by atoms with Crippen molar-refractivity contribution in [2.75, 3.05) is 0 Å². The van der Waals surface area contributed by atoms with Gasteiger partial charge in [0.1, 0.15) is 0 Å². The summed E-state index contributed by atoms with van der Waals surface area (Å²) in [4.78, 5) is 9.05. The first-order chi connectivity index (χ1) is 16.0. The van der Waals surface area contributed by atoms with Crippen LogP contribution in [-0.4, -0.2) is 19.6 Å². The molecule has 6 rings (SSSR count). The molecule has 2 aromatic heterocycles. The number of halogens is 1. The quantitative estimate of drug-likeness (QED) is 0.357. The zero-order chi connectivity index (χ0) is 22.6. The van der Waals surface area contributed by atoms with Crippen molar-refractivity contribution in [3.05, 3.63) is 118 Å². The van der Waals surface area contributed by atoms with Crippen molar-refractivity contribution in [2.24, 2.45) is 7.05 Å². The fraction of sp³-hybridized carbons (Fsp3) is 0.143. The molecule has 1 aliphatic carbocycles. The number of hydrogen-bond acceptors (Lipinski definition) is 3. The van der Waals surface area contributed by atoms with Crippen molar-refractivity contribution in [2.45, 2.75) is 18.4 Å². The average Bonchev–Trinajstić information content (AvgIpc) is 3.28. The van der Waals surface area contributed by atoms with Gasteiger partial charge in [-0.15, -0.1) is 0 Å². The number of fused-ring (bicyclic) bond motifs is 6. The average molecular weight is 452 g/mol. The molecular formula is C28H22ClN3O. The molecule has 162 valence electrons. The number of hydrogen-bond donors (Lipinski definition) is 1. The summed E-state index contributed by atoms with van der Waals surface area (Å²) in [6.45, 7) is 0. The van der Waals surface area contributed by atoms with Gasteiger partial charge in [0.05, 0.1) is 23.9 Å². The second-order valence-corrected chi connectivity index (χ2v) is 9.11. The first-order valence-electron chi connectivity index (χ1n) is 11.0. The molecule has 1 aliphatic rings. The summed E-state index contributed by atoms with van der Waals surface area (Å²) in [6, 6.07) is 22.5. The summed E-state index contributed by atoms with van der Waals surface area (Å²) in [6.07, 6.45) is 6.90. The molecule has 0 amide bonds. The van der Waals surface area contributed by atoms with Crippen LogP contribution in [0.4, 0.5) is 0 Å². The Kier molecular flexibility index (Phi) is 4.61. The summed E-state index contributed by atoms with van der Waals surface area (Å²) in [5, 5.41) is 15.2. The van der Waals surface area contributed by atoms with E-state index < -0.39 is 5.60 Å². The fourth-order valence-electron chi connectivity index (χ4n) is 4.94. The van der Waals surface area contributed by atoms with E-state index in [2.05, 4.69) is 41.4 Å². The third kappa shape index (κ3) is 3.17. The zero-order valence-electron chi connectivity index (χ0n) is 18.2. The summed E-state index contributed by atoms with van der Waals surface area (Å²) in [5.41, 5.74) is 5.03. The molecule has 3 aromatic carbocycles. The molecular weight excluding hydrogens is 430 g/mol. The Morgan fingerprint density at radius 3 is 2.67 bits per heavy atom. The van der Waals surface area contributed by atoms with E-state index in [0.29, 0.717) is 10.7 Å². The van der Waals surface area contributed by atoms with Crippen molar-refractivity contribution < 1.29 is 5.11 Å². The van der Waals surface area contributed by atoms with Crippen LogP contribution >= 0.6 is 11.6 Å². The smallest absolute Gasteiger partial charge is 0.156 e. The van der Waals surface area contributed by atoms with Crippen LogP contribution in [-0.2, 0) is 25.5 Å². The number of aliphatic hydroxyl groups is 1. The van der Waals surface area contributed by atoms with E-state index in [-0.39, 0.29) is 0 Å². The van der Waals surface area contributed by atoms with E-state index in [1.165, 1.54) is 5.56 Å². The van der Waals surface area contributed by atoms with E-state index in [4.69, 9.17) is 16.6 Å². The highest BCUT2D eigenvalue weighted by atomic mass is 35.5. The van der Waals surface area contributed by atoms with Crippen molar-refractivity contribution in [1.82, 2.24) is 14.5 Å². The van der Waals surface area contributed by atoms with E-state index in [1.54, 1.807) is 12.5 Å². The van der Waals surface area contributed by atoms with Gasteiger partial charge in [-0.1, -0.05) is 54.1 Å². The highest BCUT2D eigenvalue weighted by molar-refractivity contribution is 6.31. The third-order valence-electron chi connectivity index (χ3n) is 6.72. The Morgan fingerprint density at radius 1 is 0.970 bits per heavy atom. The van der Waals surface area contributed by atoms with Gasteiger partial charge in [-0.25, -0.2) is 4.98 Å². The second kappa shape index (κ2) is 7.55. The molecule has 0 spiro atoms. The molecule has 6 bridgehead atoms. The monoisotopic (exact) mass is 451 g/mol. The molecule has 0 aliphatic heterocycles. The highest BCUT2D eigenvalue weighted by Crippen LogP contribution is 2.40. The van der Waals surface area contributed by atoms with Gasteiger partial charge in [0.15, 0.2) is 5.60 Å². The van der Waals surface area contributed by atoms with Gasteiger partial charge in [-0.3, -0.25) is 4.98 Å². The van der Waals surface area contributed by atoms with E-state index in [1.807, 2.05) is 48.1 Å². The van der Waals surface area contributed by atoms with Gasteiger partial charge in [-0.05, 0) is 64.7 Å². The molecule has 1 unspecified atom stereocenters. The van der Waals surface area contributed by atoms with Crippen LogP contribution in [0.5, 0.6) is 0 Å². The second-order valence-electron chi connectivity index (χ2n) is 8.70. The number of rotatable bonds is 1. The molecule has 1 N–H and O–H groups in total. The van der Waals surface area contributed by atoms with Crippen LogP contribution in [0.1, 0.15) is 27.9 Å². The molecule has 2 heterocycles. The lowest BCUT2D eigenvalue weighted by Gasteiger charge is -2.30. The lowest BCUT2D eigenvalue weighted by Crippen LogP contribution is -2.31. The predicted octanol–water partition coefficient (Wildman–Crippen LogP) is 5.67. The van der Waals surface area contributed by atoms with Crippen molar-refractivity contribution in [1.29, 1.82) is 0 Å². The number of aryl methyl sites for hydroxylation is 3. The molecule has 0 fully saturated rings. The van der Waals surface area contributed by atoms with E-state index in [0.717, 1.165) is 51.6 Å². The van der Waals surface area contributed by atoms with E-state index >= 15 is 0 Å².